The summed E-state index contributed by atoms with van der Waals surface area (Å²) >= 11 is 0. The molecular formula is C26H31N3O. The number of benzene rings is 2. The standard InChI is InChI=1S/C26H31N3O/c1-3-4-7-20-8-10-22(11-9-20)26(30)28-24-13-12-23-16-21(17-27-25(23)19(24)2)18-29-14-5-6-15-29/h8-13,16-17H,3-7,14-15,18H2,1-2H3,(H,28,30). The lowest BCUT2D eigenvalue weighted by Crippen LogP contribution is -2.18. The molecule has 2 heterocycles. The lowest BCUT2D eigenvalue weighted by atomic mass is 10.0. The predicted molar refractivity (Wildman–Crippen MR) is 124 cm³/mol. The highest BCUT2D eigenvalue weighted by Crippen LogP contribution is 2.26. The molecule has 0 unspecified atom stereocenters. The number of nitrogens with one attached hydrogen (secondary N) is 1. The highest BCUT2D eigenvalue weighted by molar-refractivity contribution is 6.05. The number of anilines is 1. The average Bonchev–Trinajstić information content (AvgIpc) is 3.27. The van der Waals surface area contributed by atoms with E-state index in [9.17, 15) is 4.79 Å². The molecule has 4 rings (SSSR count). The first-order chi connectivity index (χ1) is 14.6. The van der Waals surface area contributed by atoms with E-state index in [2.05, 4.69) is 41.4 Å². The number of aryl methyl sites for hydroxylation is 2. The maximum absolute atomic E-state index is 12.7. The summed E-state index contributed by atoms with van der Waals surface area (Å²) in [6, 6.07) is 14.2. The van der Waals surface area contributed by atoms with Gasteiger partial charge in [0.05, 0.1) is 5.52 Å². The van der Waals surface area contributed by atoms with E-state index in [0.29, 0.717) is 5.56 Å². The number of amides is 1. The van der Waals surface area contributed by atoms with Crippen molar-refractivity contribution in [3.8, 4) is 0 Å². The van der Waals surface area contributed by atoms with Crippen molar-refractivity contribution in [3.63, 3.8) is 0 Å². The Bertz CT molecular complexity index is 1020. The van der Waals surface area contributed by atoms with Crippen LogP contribution in [0.1, 0.15) is 59.7 Å². The summed E-state index contributed by atoms with van der Waals surface area (Å²) in [5.74, 6) is -0.0786. The summed E-state index contributed by atoms with van der Waals surface area (Å²) in [5.41, 5.74) is 6.00. The summed E-state index contributed by atoms with van der Waals surface area (Å²) in [6.07, 6.45) is 7.99. The van der Waals surface area contributed by atoms with Gasteiger partial charge in [-0.2, -0.15) is 0 Å². The number of nitrogens with zero attached hydrogens (tertiary/aromatic N) is 2. The molecule has 2 aromatic carbocycles. The third kappa shape index (κ3) is 4.71. The van der Waals surface area contributed by atoms with Crippen LogP contribution < -0.4 is 5.32 Å². The molecule has 4 nitrogen and oxygen atoms in total. The molecule has 1 aliphatic rings. The third-order valence-electron chi connectivity index (χ3n) is 6.05. The molecule has 1 amide bonds. The van der Waals surface area contributed by atoms with E-state index in [0.717, 1.165) is 35.1 Å². The van der Waals surface area contributed by atoms with Gasteiger partial charge in [-0.3, -0.25) is 14.7 Å². The number of fused-ring (bicyclic) bond motifs is 1. The zero-order chi connectivity index (χ0) is 20.9. The van der Waals surface area contributed by atoms with Crippen molar-refractivity contribution in [2.75, 3.05) is 18.4 Å². The van der Waals surface area contributed by atoms with E-state index in [-0.39, 0.29) is 5.91 Å². The molecule has 1 N–H and O–H groups in total. The molecule has 1 aliphatic heterocycles. The summed E-state index contributed by atoms with van der Waals surface area (Å²) < 4.78 is 0. The van der Waals surface area contributed by atoms with E-state index in [1.165, 1.54) is 49.9 Å². The smallest absolute Gasteiger partial charge is 0.255 e. The average molecular weight is 402 g/mol. The minimum absolute atomic E-state index is 0.0786. The van der Waals surface area contributed by atoms with Gasteiger partial charge in [-0.1, -0.05) is 31.5 Å². The highest BCUT2D eigenvalue weighted by Gasteiger charge is 2.14. The highest BCUT2D eigenvalue weighted by atomic mass is 16.1. The summed E-state index contributed by atoms with van der Waals surface area (Å²) in [7, 11) is 0. The van der Waals surface area contributed by atoms with Crippen LogP contribution in [0.5, 0.6) is 0 Å². The molecule has 0 aliphatic carbocycles. The molecule has 1 fully saturated rings. The predicted octanol–water partition coefficient (Wildman–Crippen LogP) is 5.73. The van der Waals surface area contributed by atoms with Crippen molar-refractivity contribution in [3.05, 3.63) is 70.9 Å². The van der Waals surface area contributed by atoms with Crippen LogP contribution in [-0.4, -0.2) is 28.9 Å². The Labute approximate surface area is 179 Å². The monoisotopic (exact) mass is 401 g/mol. The first kappa shape index (κ1) is 20.5. The fourth-order valence-electron chi connectivity index (χ4n) is 4.21. The van der Waals surface area contributed by atoms with E-state index < -0.39 is 0 Å². The van der Waals surface area contributed by atoms with Crippen molar-refractivity contribution < 1.29 is 4.79 Å². The molecule has 4 heteroatoms. The maximum Gasteiger partial charge on any atom is 0.255 e. The quantitative estimate of drug-likeness (QED) is 0.549. The molecule has 156 valence electrons. The normalized spacial score (nSPS) is 14.3. The van der Waals surface area contributed by atoms with Gasteiger partial charge in [0.25, 0.3) is 5.91 Å². The van der Waals surface area contributed by atoms with Gasteiger partial charge >= 0.3 is 0 Å². The number of hydrogen-bond donors (Lipinski definition) is 1. The molecule has 0 atom stereocenters. The van der Waals surface area contributed by atoms with Gasteiger partial charge in [0.15, 0.2) is 0 Å². The summed E-state index contributed by atoms with van der Waals surface area (Å²) in [4.78, 5) is 19.9. The van der Waals surface area contributed by atoms with Crippen LogP contribution in [0.2, 0.25) is 0 Å². The molecule has 3 aromatic rings. The second-order valence-electron chi connectivity index (χ2n) is 8.39. The number of aromatic nitrogens is 1. The number of unbranched alkanes of at least 4 members (excludes halogenated alkanes) is 1. The number of rotatable bonds is 7. The SMILES string of the molecule is CCCCc1ccc(C(=O)Nc2ccc3cc(CN4CCCC4)cnc3c2C)cc1. The van der Waals surface area contributed by atoms with Gasteiger partial charge < -0.3 is 5.32 Å². The molecule has 0 bridgehead atoms. The Morgan fingerprint density at radius 3 is 2.57 bits per heavy atom. The Kier molecular flexibility index (Phi) is 6.44. The van der Waals surface area contributed by atoms with E-state index in [1.54, 1.807) is 0 Å². The minimum Gasteiger partial charge on any atom is -0.322 e. The van der Waals surface area contributed by atoms with Gasteiger partial charge in [0.2, 0.25) is 0 Å². The molecule has 1 saturated heterocycles. The summed E-state index contributed by atoms with van der Waals surface area (Å²) in [6.45, 7) is 7.55. The first-order valence-electron chi connectivity index (χ1n) is 11.1. The fourth-order valence-corrected chi connectivity index (χ4v) is 4.21. The van der Waals surface area contributed by atoms with E-state index >= 15 is 0 Å². The molecule has 1 aromatic heterocycles. The Morgan fingerprint density at radius 1 is 1.07 bits per heavy atom. The Morgan fingerprint density at radius 2 is 1.83 bits per heavy atom. The number of likely N-dealkylation sites (tertiary alicyclic amines) is 1. The number of carbonyl (C=O) groups is 1. The van der Waals surface area contributed by atoms with Gasteiger partial charge in [-0.25, -0.2) is 0 Å². The first-order valence-corrected chi connectivity index (χ1v) is 11.1. The van der Waals surface area contributed by atoms with Gasteiger partial charge in [0.1, 0.15) is 0 Å². The Hall–Kier alpha value is -2.72. The number of carbonyl (C=O) groups excluding carboxylic acids is 1. The topological polar surface area (TPSA) is 45.2 Å². The van der Waals surface area contributed by atoms with Crippen molar-refractivity contribution in [1.82, 2.24) is 9.88 Å². The van der Waals surface area contributed by atoms with Gasteiger partial charge in [-0.05, 0) is 86.7 Å². The van der Waals surface area contributed by atoms with E-state index in [4.69, 9.17) is 4.98 Å². The molecule has 30 heavy (non-hydrogen) atoms. The fraction of sp³-hybridized carbons (Fsp3) is 0.385. The minimum atomic E-state index is -0.0786. The van der Waals surface area contributed by atoms with Gasteiger partial charge in [-0.15, -0.1) is 0 Å². The van der Waals surface area contributed by atoms with E-state index in [1.807, 2.05) is 31.3 Å². The van der Waals surface area contributed by atoms with Crippen LogP contribution in [-0.2, 0) is 13.0 Å². The van der Waals surface area contributed by atoms with Crippen LogP contribution in [0.15, 0.2) is 48.7 Å². The number of pyridine rings is 1. The van der Waals surface area contributed by atoms with Gasteiger partial charge in [0, 0.05) is 29.4 Å². The van der Waals surface area contributed by atoms with Crippen molar-refractivity contribution in [2.24, 2.45) is 0 Å². The molecule has 0 spiro atoms. The van der Waals surface area contributed by atoms with Crippen molar-refractivity contribution in [1.29, 1.82) is 0 Å². The van der Waals surface area contributed by atoms with Crippen LogP contribution in [0, 0.1) is 6.92 Å². The zero-order valence-corrected chi connectivity index (χ0v) is 18.1. The van der Waals surface area contributed by atoms with Crippen LogP contribution in [0.3, 0.4) is 0 Å². The lowest BCUT2D eigenvalue weighted by molar-refractivity contribution is 0.102. The largest absolute Gasteiger partial charge is 0.322 e. The Balaban J connectivity index is 1.48. The third-order valence-corrected chi connectivity index (χ3v) is 6.05. The second-order valence-corrected chi connectivity index (χ2v) is 8.39. The van der Waals surface area contributed by atoms with Crippen LogP contribution in [0.25, 0.3) is 10.9 Å². The number of hydrogen-bond acceptors (Lipinski definition) is 3. The van der Waals surface area contributed by atoms with Crippen molar-refractivity contribution >= 4 is 22.5 Å². The molecule has 0 radical (unpaired) electrons. The maximum atomic E-state index is 12.7. The molecule has 0 saturated carbocycles. The second kappa shape index (κ2) is 9.40. The summed E-state index contributed by atoms with van der Waals surface area (Å²) in [5, 5.41) is 4.19. The molecular weight excluding hydrogens is 370 g/mol. The van der Waals surface area contributed by atoms with Crippen LogP contribution in [0.4, 0.5) is 5.69 Å². The van der Waals surface area contributed by atoms with Crippen LogP contribution >= 0.6 is 0 Å². The lowest BCUT2D eigenvalue weighted by Gasteiger charge is -2.15. The zero-order valence-electron chi connectivity index (χ0n) is 18.1. The van der Waals surface area contributed by atoms with Crippen molar-refractivity contribution in [2.45, 2.75) is 52.5 Å².